The topological polar surface area (TPSA) is 32.5 Å². The van der Waals surface area contributed by atoms with E-state index >= 15 is 0 Å². The minimum Gasteiger partial charge on any atom is -0.437 e. The van der Waals surface area contributed by atoms with E-state index in [0.717, 1.165) is 67.2 Å². The summed E-state index contributed by atoms with van der Waals surface area (Å²) in [6.45, 7) is 27.3. The van der Waals surface area contributed by atoms with Crippen LogP contribution in [0.2, 0.25) is 0 Å². The van der Waals surface area contributed by atoms with E-state index in [1.807, 2.05) is 12.3 Å². The van der Waals surface area contributed by atoms with Crippen molar-refractivity contribution in [2.45, 2.75) is 110 Å². The van der Waals surface area contributed by atoms with Crippen molar-refractivity contribution in [3.63, 3.8) is 0 Å². The van der Waals surface area contributed by atoms with Crippen molar-refractivity contribution < 1.29 is 4.42 Å². The molecule has 10 aromatic rings. The molecule has 0 N–H and O–H groups in total. The van der Waals surface area contributed by atoms with E-state index in [-0.39, 0.29) is 21.7 Å². The van der Waals surface area contributed by atoms with Gasteiger partial charge in [-0.15, -0.1) is 0 Å². The molecule has 0 spiro atoms. The standard InChI is InChI=1S/C70H69N3O/c1-66(2,3)46-25-33-52(34-26-46)72(53-35-27-47(28-36-53)67(4,5)6)56-41-42-57-59(44-56)70(50-20-15-13-16-21-50,51-22-17-14-18-23-51)60-45-61(63-58-24-19-43-71-65(58)74-64(63)62(57)60)73(54-37-29-48(30-38-54)68(7,8)9)55-39-31-49(32-40-55)69(10,11)12/h13-45H,1-12H3. The van der Waals surface area contributed by atoms with Gasteiger partial charge in [-0.3, -0.25) is 0 Å². The molecular formula is C70H69N3O. The number of nitrogens with zero attached hydrogens (tertiary/aromatic N) is 3. The van der Waals surface area contributed by atoms with Crippen LogP contribution in [0.3, 0.4) is 0 Å². The number of hydrogen-bond acceptors (Lipinski definition) is 4. The predicted molar refractivity (Wildman–Crippen MR) is 313 cm³/mol. The van der Waals surface area contributed by atoms with Crippen LogP contribution in [0.25, 0.3) is 33.2 Å². The van der Waals surface area contributed by atoms with E-state index in [1.54, 1.807) is 0 Å². The van der Waals surface area contributed by atoms with E-state index in [9.17, 15) is 0 Å². The lowest BCUT2D eigenvalue weighted by atomic mass is 9.67. The predicted octanol–water partition coefficient (Wildman–Crippen LogP) is 19.5. The molecule has 8 aromatic carbocycles. The average molecular weight is 968 g/mol. The molecule has 2 heterocycles. The number of rotatable bonds is 8. The molecule has 0 saturated heterocycles. The summed E-state index contributed by atoms with van der Waals surface area (Å²) in [4.78, 5) is 9.81. The molecule has 0 aliphatic heterocycles. The highest BCUT2D eigenvalue weighted by Crippen LogP contribution is 2.62. The molecule has 1 aliphatic carbocycles. The number of hydrogen-bond donors (Lipinski definition) is 0. The van der Waals surface area contributed by atoms with Crippen LogP contribution in [0.4, 0.5) is 34.1 Å². The SMILES string of the molecule is CC(C)(C)c1ccc(N(c2ccc(C(C)(C)C)cc2)c2ccc3c(c2)C(c2ccccc2)(c2ccccc2)c2cc(N(c4ccc(C(C)(C)C)cc4)c4ccc(C(C)(C)C)cc4)c4c(oc5ncccc54)c2-3)cc1. The molecular weight excluding hydrogens is 899 g/mol. The normalized spacial score (nSPS) is 13.5. The monoisotopic (exact) mass is 968 g/mol. The summed E-state index contributed by atoms with van der Waals surface area (Å²) in [6.07, 6.45) is 1.84. The molecule has 370 valence electrons. The number of pyridine rings is 1. The van der Waals surface area contributed by atoms with Gasteiger partial charge in [0, 0.05) is 40.2 Å². The van der Waals surface area contributed by atoms with E-state index < -0.39 is 5.41 Å². The van der Waals surface area contributed by atoms with Crippen LogP contribution >= 0.6 is 0 Å². The molecule has 0 amide bonds. The smallest absolute Gasteiger partial charge is 0.227 e. The van der Waals surface area contributed by atoms with Crippen molar-refractivity contribution in [3.05, 3.63) is 245 Å². The lowest BCUT2D eigenvalue weighted by Gasteiger charge is -2.36. The van der Waals surface area contributed by atoms with Crippen LogP contribution in [0.15, 0.2) is 205 Å². The average Bonchev–Trinajstić information content (AvgIpc) is 3.96. The van der Waals surface area contributed by atoms with Gasteiger partial charge < -0.3 is 14.2 Å². The zero-order chi connectivity index (χ0) is 52.0. The molecule has 4 heteroatoms. The first kappa shape index (κ1) is 48.6. The van der Waals surface area contributed by atoms with Crippen molar-refractivity contribution in [2.24, 2.45) is 0 Å². The maximum absolute atomic E-state index is 7.25. The van der Waals surface area contributed by atoms with Gasteiger partial charge in [-0.2, -0.15) is 0 Å². The number of aromatic nitrogens is 1. The lowest BCUT2D eigenvalue weighted by molar-refractivity contribution is 0.590. The van der Waals surface area contributed by atoms with Crippen molar-refractivity contribution >= 4 is 56.2 Å². The molecule has 0 unspecified atom stereocenters. The second-order valence-corrected chi connectivity index (χ2v) is 24.6. The Kier molecular flexibility index (Phi) is 11.7. The molecule has 2 aromatic heterocycles. The van der Waals surface area contributed by atoms with Gasteiger partial charge in [0.15, 0.2) is 0 Å². The van der Waals surface area contributed by atoms with Gasteiger partial charge in [0.2, 0.25) is 5.71 Å². The van der Waals surface area contributed by atoms with Gasteiger partial charge in [0.05, 0.1) is 21.9 Å². The van der Waals surface area contributed by atoms with Crippen LogP contribution in [0.5, 0.6) is 0 Å². The lowest BCUT2D eigenvalue weighted by Crippen LogP contribution is -2.29. The fraction of sp³-hybridized carbons (Fsp3) is 0.243. The molecule has 0 atom stereocenters. The Labute approximate surface area is 439 Å². The van der Waals surface area contributed by atoms with Gasteiger partial charge in [0.25, 0.3) is 0 Å². The molecule has 1 aliphatic rings. The fourth-order valence-electron chi connectivity index (χ4n) is 11.3. The zero-order valence-electron chi connectivity index (χ0n) is 45.3. The summed E-state index contributed by atoms with van der Waals surface area (Å²) in [5.74, 6) is 0. The maximum Gasteiger partial charge on any atom is 0.227 e. The Morgan fingerprint density at radius 3 is 1.22 bits per heavy atom. The Hall–Kier alpha value is -7.69. The quantitative estimate of drug-likeness (QED) is 0.152. The van der Waals surface area contributed by atoms with Gasteiger partial charge in [-0.25, -0.2) is 4.98 Å². The fourth-order valence-corrected chi connectivity index (χ4v) is 11.3. The maximum atomic E-state index is 7.25. The minimum absolute atomic E-state index is 0.0120. The molecule has 0 fully saturated rings. The van der Waals surface area contributed by atoms with Crippen LogP contribution in [-0.2, 0) is 27.1 Å². The highest BCUT2D eigenvalue weighted by Gasteiger charge is 2.49. The molecule has 74 heavy (non-hydrogen) atoms. The first-order valence-electron chi connectivity index (χ1n) is 26.4. The largest absolute Gasteiger partial charge is 0.437 e. The molecule has 11 rings (SSSR count). The Morgan fingerprint density at radius 2 is 0.797 bits per heavy atom. The van der Waals surface area contributed by atoms with Crippen LogP contribution in [0.1, 0.15) is 128 Å². The first-order valence-corrected chi connectivity index (χ1v) is 26.4. The highest BCUT2D eigenvalue weighted by atomic mass is 16.3. The van der Waals surface area contributed by atoms with Crippen molar-refractivity contribution in [1.82, 2.24) is 4.98 Å². The van der Waals surface area contributed by atoms with Gasteiger partial charge >= 0.3 is 0 Å². The third-order valence-electron chi connectivity index (χ3n) is 15.5. The summed E-state index contributed by atoms with van der Waals surface area (Å²) in [6, 6.07) is 72.7. The van der Waals surface area contributed by atoms with E-state index in [2.05, 4.69) is 281 Å². The Bertz CT molecular complexity index is 3500. The Balaban J connectivity index is 1.25. The van der Waals surface area contributed by atoms with Gasteiger partial charge in [0.1, 0.15) is 5.58 Å². The summed E-state index contributed by atoms with van der Waals surface area (Å²) >= 11 is 0. The number of anilines is 6. The van der Waals surface area contributed by atoms with Gasteiger partial charge in [-0.1, -0.05) is 198 Å². The van der Waals surface area contributed by atoms with Crippen molar-refractivity contribution in [2.75, 3.05) is 9.80 Å². The molecule has 0 saturated carbocycles. The summed E-state index contributed by atoms with van der Waals surface area (Å²) < 4.78 is 7.25. The number of benzene rings is 8. The van der Waals surface area contributed by atoms with E-state index in [1.165, 1.54) is 38.9 Å². The molecule has 0 bridgehead atoms. The van der Waals surface area contributed by atoms with Crippen molar-refractivity contribution in [1.29, 1.82) is 0 Å². The number of fused-ring (bicyclic) bond motifs is 7. The third kappa shape index (κ3) is 8.29. The summed E-state index contributed by atoms with van der Waals surface area (Å²) in [5.41, 5.74) is 19.1. The zero-order valence-corrected chi connectivity index (χ0v) is 45.3. The minimum atomic E-state index is -0.783. The molecule has 0 radical (unpaired) electrons. The van der Waals surface area contributed by atoms with Crippen LogP contribution in [0, 0.1) is 0 Å². The second kappa shape index (κ2) is 17.8. The van der Waals surface area contributed by atoms with Crippen molar-refractivity contribution in [3.8, 4) is 11.1 Å². The van der Waals surface area contributed by atoms with Crippen LogP contribution in [-0.4, -0.2) is 4.98 Å². The Morgan fingerprint density at radius 1 is 0.392 bits per heavy atom. The molecule has 4 nitrogen and oxygen atoms in total. The second-order valence-electron chi connectivity index (χ2n) is 24.6. The first-order chi connectivity index (χ1) is 35.2. The van der Waals surface area contributed by atoms with E-state index in [0.29, 0.717) is 5.71 Å². The summed E-state index contributed by atoms with van der Waals surface area (Å²) in [5, 5.41) is 2.00. The third-order valence-corrected chi connectivity index (χ3v) is 15.5. The highest BCUT2D eigenvalue weighted by molar-refractivity contribution is 6.19. The summed E-state index contributed by atoms with van der Waals surface area (Å²) in [7, 11) is 0. The van der Waals surface area contributed by atoms with Gasteiger partial charge in [-0.05, 0) is 151 Å². The van der Waals surface area contributed by atoms with E-state index in [4.69, 9.17) is 9.40 Å². The number of furan rings is 1. The van der Waals surface area contributed by atoms with Crippen LogP contribution < -0.4 is 9.80 Å².